The third-order valence-corrected chi connectivity index (χ3v) is 4.22. The van der Waals surface area contributed by atoms with Gasteiger partial charge < -0.3 is 15.4 Å². The van der Waals surface area contributed by atoms with E-state index in [4.69, 9.17) is 4.74 Å². The fraction of sp³-hybridized carbons (Fsp3) is 0.688. The van der Waals surface area contributed by atoms with Crippen LogP contribution in [-0.4, -0.2) is 52.6 Å². The van der Waals surface area contributed by atoms with Crippen LogP contribution >= 0.6 is 0 Å². The van der Waals surface area contributed by atoms with Crippen molar-refractivity contribution < 1.29 is 31.1 Å². The predicted octanol–water partition coefficient (Wildman–Crippen LogP) is 4.18. The van der Waals surface area contributed by atoms with E-state index < -0.39 is 36.3 Å². The first-order chi connectivity index (χ1) is 12.9. The summed E-state index contributed by atoms with van der Waals surface area (Å²) in [4.78, 5) is 11.6. The normalized spacial score (nSPS) is 20.3. The van der Waals surface area contributed by atoms with Crippen molar-refractivity contribution in [2.75, 3.05) is 17.7 Å². The zero-order valence-electron chi connectivity index (χ0n) is 15.4. The lowest BCUT2D eigenvalue weighted by Crippen LogP contribution is -2.35. The minimum Gasteiger partial charge on any atom is -0.377 e. The average Bonchev–Trinajstić information content (AvgIpc) is 2.60. The minimum absolute atomic E-state index is 0.00509. The summed E-state index contributed by atoms with van der Waals surface area (Å²) < 4.78 is 82.2. The van der Waals surface area contributed by atoms with Crippen molar-refractivity contribution in [1.82, 2.24) is 15.0 Å². The Bertz CT molecular complexity index is 665. The summed E-state index contributed by atoms with van der Waals surface area (Å²) in [6, 6.07) is -4.00. The molecular formula is C16H21F6N5O. The first kappa shape index (κ1) is 22.2. The average molecular weight is 413 g/mol. The zero-order valence-corrected chi connectivity index (χ0v) is 15.4. The Hall–Kier alpha value is -2.11. The Morgan fingerprint density at radius 1 is 0.964 bits per heavy atom. The van der Waals surface area contributed by atoms with Gasteiger partial charge in [-0.25, -0.2) is 0 Å². The molecule has 2 N–H and O–H groups in total. The number of alkyl halides is 6. The highest BCUT2D eigenvalue weighted by atomic mass is 19.4. The molecule has 0 saturated carbocycles. The molecule has 0 fully saturated rings. The number of nitrogens with one attached hydrogen (secondary N) is 2. The van der Waals surface area contributed by atoms with Crippen molar-refractivity contribution >= 4 is 17.5 Å². The van der Waals surface area contributed by atoms with Gasteiger partial charge >= 0.3 is 12.4 Å². The third-order valence-electron chi connectivity index (χ3n) is 4.22. The molecule has 1 heterocycles. The summed E-state index contributed by atoms with van der Waals surface area (Å²) in [5.74, 6) is -0.926. The number of hydrogen-bond donors (Lipinski definition) is 2. The van der Waals surface area contributed by atoms with E-state index in [9.17, 15) is 26.3 Å². The highest BCUT2D eigenvalue weighted by Gasteiger charge is 2.38. The lowest BCUT2D eigenvalue weighted by Gasteiger charge is -2.22. The summed E-state index contributed by atoms with van der Waals surface area (Å²) in [5, 5.41) is 4.14. The van der Waals surface area contributed by atoms with Gasteiger partial charge in [0.25, 0.3) is 0 Å². The molecule has 0 bridgehead atoms. The molecule has 12 heteroatoms. The monoisotopic (exact) mass is 413 g/mol. The van der Waals surface area contributed by atoms with E-state index in [2.05, 4.69) is 25.6 Å². The first-order valence-electron chi connectivity index (χ1n) is 8.56. The summed E-state index contributed by atoms with van der Waals surface area (Å²) in [6.07, 6.45) is -5.68. The van der Waals surface area contributed by atoms with Crippen LogP contribution in [0.3, 0.4) is 0 Å². The van der Waals surface area contributed by atoms with Gasteiger partial charge in [-0.05, 0) is 44.8 Å². The second-order valence-corrected chi connectivity index (χ2v) is 6.48. The molecule has 0 radical (unpaired) electrons. The number of rotatable bonds is 6. The topological polar surface area (TPSA) is 72.0 Å². The number of halogens is 6. The SMILES string of the molecule is COC1C=C(c2nc(N[C@H](C)C(F)(F)F)nc(N[C@H](C)C(F)(F)F)n2)CCC1. The van der Waals surface area contributed by atoms with E-state index in [0.717, 1.165) is 26.7 Å². The van der Waals surface area contributed by atoms with Gasteiger partial charge in [0.1, 0.15) is 12.1 Å². The molecule has 0 saturated heterocycles. The molecule has 0 spiro atoms. The number of nitrogens with zero attached hydrogens (tertiary/aromatic N) is 3. The van der Waals surface area contributed by atoms with Crippen LogP contribution in [0, 0.1) is 0 Å². The van der Waals surface area contributed by atoms with Gasteiger partial charge in [0.2, 0.25) is 11.9 Å². The van der Waals surface area contributed by atoms with Crippen molar-refractivity contribution in [2.24, 2.45) is 0 Å². The molecule has 1 unspecified atom stereocenters. The van der Waals surface area contributed by atoms with E-state index in [0.29, 0.717) is 12.0 Å². The van der Waals surface area contributed by atoms with Gasteiger partial charge in [0, 0.05) is 7.11 Å². The Labute approximate surface area is 157 Å². The Balaban J connectivity index is 2.39. The lowest BCUT2D eigenvalue weighted by atomic mass is 9.97. The van der Waals surface area contributed by atoms with Gasteiger partial charge in [-0.1, -0.05) is 0 Å². The molecule has 6 nitrogen and oxygen atoms in total. The van der Waals surface area contributed by atoms with Crippen LogP contribution in [0.1, 0.15) is 38.9 Å². The molecule has 0 aromatic carbocycles. The standard InChI is InChI=1S/C16H21F6N5O/c1-8(15(17,18)19)23-13-25-12(10-5-4-6-11(7-10)28-3)26-14(27-13)24-9(2)16(20,21)22/h7-9,11H,4-6H2,1-3H3,(H2,23,24,25,26,27)/t8-,9-,11?/m1/s1. The number of anilines is 2. The summed E-state index contributed by atoms with van der Waals surface area (Å²) in [5.41, 5.74) is 0.575. The van der Waals surface area contributed by atoms with Crippen LogP contribution < -0.4 is 10.6 Å². The fourth-order valence-corrected chi connectivity index (χ4v) is 2.46. The number of allylic oxidation sites excluding steroid dienone is 1. The quantitative estimate of drug-likeness (QED) is 0.682. The maximum absolute atomic E-state index is 12.8. The van der Waals surface area contributed by atoms with Crippen LogP contribution in [0.25, 0.3) is 5.57 Å². The number of ether oxygens (including phenoxy) is 1. The molecular weight excluding hydrogens is 392 g/mol. The largest absolute Gasteiger partial charge is 0.408 e. The van der Waals surface area contributed by atoms with Crippen molar-refractivity contribution in [3.8, 4) is 0 Å². The zero-order chi connectivity index (χ0) is 21.1. The molecule has 1 aromatic rings. The Morgan fingerprint density at radius 3 is 1.89 bits per heavy atom. The summed E-state index contributed by atoms with van der Waals surface area (Å²) in [7, 11) is 1.51. The minimum atomic E-state index is -4.58. The van der Waals surface area contributed by atoms with Crippen LogP contribution in [0.15, 0.2) is 6.08 Å². The highest BCUT2D eigenvalue weighted by molar-refractivity contribution is 5.63. The molecule has 1 aliphatic rings. The first-order valence-corrected chi connectivity index (χ1v) is 8.56. The molecule has 28 heavy (non-hydrogen) atoms. The van der Waals surface area contributed by atoms with Crippen molar-refractivity contribution in [3.05, 3.63) is 11.9 Å². The second-order valence-electron chi connectivity index (χ2n) is 6.48. The Kier molecular flexibility index (Phi) is 6.73. The smallest absolute Gasteiger partial charge is 0.377 e. The van der Waals surface area contributed by atoms with Gasteiger partial charge in [0.15, 0.2) is 5.82 Å². The maximum atomic E-state index is 12.8. The van der Waals surface area contributed by atoms with Crippen molar-refractivity contribution in [1.29, 1.82) is 0 Å². The Morgan fingerprint density at radius 2 is 1.46 bits per heavy atom. The third kappa shape index (κ3) is 5.94. The number of methoxy groups -OCH3 is 1. The molecule has 158 valence electrons. The van der Waals surface area contributed by atoms with E-state index >= 15 is 0 Å². The van der Waals surface area contributed by atoms with E-state index in [1.54, 1.807) is 6.08 Å². The van der Waals surface area contributed by atoms with Gasteiger partial charge in [0.05, 0.1) is 6.10 Å². The lowest BCUT2D eigenvalue weighted by molar-refractivity contribution is -0.139. The molecule has 3 atom stereocenters. The van der Waals surface area contributed by atoms with Crippen molar-refractivity contribution in [3.63, 3.8) is 0 Å². The highest BCUT2D eigenvalue weighted by Crippen LogP contribution is 2.29. The predicted molar refractivity (Wildman–Crippen MR) is 90.7 cm³/mol. The molecule has 2 rings (SSSR count). The van der Waals surface area contributed by atoms with Crippen molar-refractivity contribution in [2.45, 2.75) is 63.7 Å². The fourth-order valence-electron chi connectivity index (χ4n) is 2.46. The molecule has 1 aliphatic carbocycles. The van der Waals surface area contributed by atoms with E-state index in [1.165, 1.54) is 7.11 Å². The molecule has 1 aromatic heterocycles. The van der Waals surface area contributed by atoms with Crippen LogP contribution in [0.2, 0.25) is 0 Å². The van der Waals surface area contributed by atoms with Crippen LogP contribution in [0.4, 0.5) is 38.2 Å². The van der Waals surface area contributed by atoms with Gasteiger partial charge in [-0.15, -0.1) is 0 Å². The number of hydrogen-bond acceptors (Lipinski definition) is 6. The maximum Gasteiger partial charge on any atom is 0.408 e. The van der Waals surface area contributed by atoms with E-state index in [-0.39, 0.29) is 11.9 Å². The van der Waals surface area contributed by atoms with Gasteiger partial charge in [-0.3, -0.25) is 0 Å². The second kappa shape index (κ2) is 8.50. The summed E-state index contributed by atoms with van der Waals surface area (Å²) >= 11 is 0. The molecule has 0 aliphatic heterocycles. The number of aromatic nitrogens is 3. The van der Waals surface area contributed by atoms with Gasteiger partial charge in [-0.2, -0.15) is 41.3 Å². The molecule has 0 amide bonds. The van der Waals surface area contributed by atoms with E-state index in [1.807, 2.05) is 0 Å². The summed E-state index contributed by atoms with van der Waals surface area (Å²) in [6.45, 7) is 1.71. The van der Waals surface area contributed by atoms with Crippen LogP contribution in [0.5, 0.6) is 0 Å². The van der Waals surface area contributed by atoms with Crippen LogP contribution in [-0.2, 0) is 4.74 Å².